The van der Waals surface area contributed by atoms with Crippen molar-refractivity contribution in [3.05, 3.63) is 6.92 Å². The maximum Gasteiger partial charge on any atom is 1.00 e. The van der Waals surface area contributed by atoms with Crippen molar-refractivity contribution in [3.63, 3.8) is 0 Å². The molecule has 5 atom stereocenters. The van der Waals surface area contributed by atoms with E-state index in [0.29, 0.717) is 18.2 Å². The van der Waals surface area contributed by atoms with Gasteiger partial charge in [-0.25, -0.2) is 0 Å². The molecule has 0 aromatic heterocycles. The Balaban J connectivity index is -0.0000000649. The molecule has 0 aliphatic carbocycles. The fourth-order valence-corrected chi connectivity index (χ4v) is 25.6. The van der Waals surface area contributed by atoms with Crippen LogP contribution in [0.3, 0.4) is 0 Å². The molecule has 16 radical (unpaired) electrons. The van der Waals surface area contributed by atoms with Gasteiger partial charge in [-0.05, 0) is 164 Å². The number of hydrogen-bond acceptors (Lipinski definition) is 1. The van der Waals surface area contributed by atoms with Crippen molar-refractivity contribution in [2.24, 2.45) is 0 Å². The number of hydrogen-bond donors (Lipinski definition) is 1. The average Bonchev–Trinajstić information content (AvgIpc) is 3.05. The monoisotopic (exact) mass is 1160 g/mol. The first-order chi connectivity index (χ1) is 29.7. The molecule has 0 saturated heterocycles. The van der Waals surface area contributed by atoms with Crippen LogP contribution in [0.15, 0.2) is 0 Å². The molecular formula is C50H127B8Li2OP10+9. The zero-order valence-corrected chi connectivity index (χ0v) is 65.1. The topological polar surface area (TPSA) is 20.2 Å². The van der Waals surface area contributed by atoms with E-state index in [1.165, 1.54) is 31.6 Å². The molecule has 0 aromatic rings. The van der Waals surface area contributed by atoms with Gasteiger partial charge >= 0.3 is 98.2 Å². The summed E-state index contributed by atoms with van der Waals surface area (Å²) in [5.74, 6) is 3.60. The normalized spacial score (nSPS) is 15.5. The first-order valence-electron chi connectivity index (χ1n) is 25.3. The van der Waals surface area contributed by atoms with Crippen molar-refractivity contribution in [2.45, 2.75) is 189 Å². The van der Waals surface area contributed by atoms with Crippen LogP contribution in [0.1, 0.15) is 164 Å². The SMILES string of the molecule is CCCCC.CP(C)C[P@](C)C(C)(C)C.[B][P+](C)(C)C[P+]([B])(C)C(C)(C)C.[B][P+](C)(C)C[P+]([B])(C)C(C)(C)C.[B][P+](C)(CC)C(C)(C)C.[B][P+](C)(CO)C(C)(C)C.[B][PH+](C)C.[B][PH+](C)C.[CH2-]CCC.[Li+].[Li+]. The molecule has 0 saturated carbocycles. The Morgan fingerprint density at radius 3 is 0.704 bits per heavy atom. The van der Waals surface area contributed by atoms with Gasteiger partial charge in [0.25, 0.3) is 0 Å². The van der Waals surface area contributed by atoms with Crippen LogP contribution in [0, 0.1) is 6.92 Å². The Morgan fingerprint density at radius 2 is 0.676 bits per heavy atom. The molecule has 0 bridgehead atoms. The van der Waals surface area contributed by atoms with Crippen LogP contribution < -0.4 is 37.7 Å². The molecule has 0 heterocycles. The summed E-state index contributed by atoms with van der Waals surface area (Å²) in [5.41, 5.74) is 0. The van der Waals surface area contributed by atoms with Crippen LogP contribution in [0.2, 0.25) is 0 Å². The van der Waals surface area contributed by atoms with Gasteiger partial charge in [0.1, 0.15) is 18.2 Å². The fraction of sp³-hybridized carbons (Fsp3) is 0.980. The van der Waals surface area contributed by atoms with E-state index in [0.717, 1.165) is 24.4 Å². The number of aliphatic hydroxyl groups excluding tert-OH is 1. The van der Waals surface area contributed by atoms with E-state index in [4.69, 9.17) is 65.6 Å². The Labute approximate surface area is 499 Å². The van der Waals surface area contributed by atoms with Crippen molar-refractivity contribution in [1.82, 2.24) is 0 Å². The van der Waals surface area contributed by atoms with Gasteiger partial charge in [-0.3, -0.25) is 0 Å². The molecule has 0 rings (SSSR count). The molecule has 71 heavy (non-hydrogen) atoms. The second-order valence-corrected chi connectivity index (χ2v) is 62.6. The van der Waals surface area contributed by atoms with E-state index in [-0.39, 0.29) is 83.1 Å². The number of rotatable bonds is 11. The molecule has 1 nitrogen and oxygen atoms in total. The van der Waals surface area contributed by atoms with Gasteiger partial charge < -0.3 is 12.0 Å². The molecule has 0 aliphatic heterocycles. The fourth-order valence-electron chi connectivity index (χ4n) is 3.62. The predicted octanol–water partition coefficient (Wildman–Crippen LogP) is 12.2. The first kappa shape index (κ1) is 102. The molecule has 1 N–H and O–H groups in total. The van der Waals surface area contributed by atoms with Crippen molar-refractivity contribution in [3.8, 4) is 0 Å². The first-order valence-corrected chi connectivity index (χ1v) is 50.7. The largest absolute Gasteiger partial charge is 1.00 e. The van der Waals surface area contributed by atoms with E-state index in [1.54, 1.807) is 0 Å². The van der Waals surface area contributed by atoms with Crippen LogP contribution in [0.5, 0.6) is 0 Å². The van der Waals surface area contributed by atoms with Gasteiger partial charge in [-0.1, -0.05) is 90.7 Å². The van der Waals surface area contributed by atoms with Crippen LogP contribution in [-0.2, 0) is 0 Å². The van der Waals surface area contributed by atoms with E-state index in [2.05, 4.69) is 205 Å². The van der Waals surface area contributed by atoms with Crippen molar-refractivity contribution in [2.75, 3.05) is 130 Å². The number of aliphatic hydroxyl groups is 1. The molecule has 4 unspecified atom stereocenters. The van der Waals surface area contributed by atoms with Crippen LogP contribution in [0.25, 0.3) is 0 Å². The standard InChI is InChI=1S/2C8H20B2P2.C8H20P2.C7H17BP.C6H15BOP.C5H12.C4H9.2C2H7BP.2Li/c2*1-8(2,3)12(6,10)7-11(4,5)9;1-8(2,3)10(6)7-9(4)5;1-6-9(5,8)7(2,3)4;1-6(2,3)9(4,7)5-8;1-3-5-4-2;1-3-4-2;2*1-4(2)3;;/h2*7H2,1-6H3;7H2,1-6H3;6H2,1-5H3;8H,5H2,1-4H3;3-5H2,1-2H3;1,3-4H2,2H3;2*4H,1-2H3;;/q2*+2;;2*+1;;-1;4*+1/t;;10-;;;;;;;;/m..0......../s1. The summed E-state index contributed by atoms with van der Waals surface area (Å²) in [6.45, 7) is 78.2. The van der Waals surface area contributed by atoms with Crippen LogP contribution in [0.4, 0.5) is 0 Å². The third-order valence-corrected chi connectivity index (χ3v) is 42.0. The van der Waals surface area contributed by atoms with E-state index < -0.39 is 42.8 Å². The third kappa shape index (κ3) is 78.1. The summed E-state index contributed by atoms with van der Waals surface area (Å²) in [6.07, 6.45) is 7.65. The molecule has 400 valence electrons. The molecule has 21 heteroatoms. The maximum atomic E-state index is 8.85. The van der Waals surface area contributed by atoms with Crippen LogP contribution in [-0.4, -0.2) is 222 Å². The van der Waals surface area contributed by atoms with Gasteiger partial charge in [0, 0.05) is 86.1 Å². The Morgan fingerprint density at radius 1 is 0.465 bits per heavy atom. The zero-order valence-electron chi connectivity index (χ0n) is 55.9. The van der Waals surface area contributed by atoms with Gasteiger partial charge in [-0.15, -0.1) is 7.92 Å². The molecular weight excluding hydrogens is 1030 g/mol. The average molecular weight is 1150 g/mol. The zero-order chi connectivity index (χ0) is 58.9. The van der Waals surface area contributed by atoms with E-state index in [1.807, 2.05) is 33.3 Å². The molecule has 0 amide bonds. The molecule has 0 aromatic carbocycles. The molecule has 0 fully saturated rings. The predicted molar refractivity (Wildman–Crippen MR) is 383 cm³/mol. The van der Waals surface area contributed by atoms with Crippen molar-refractivity contribution >= 4 is 135 Å². The van der Waals surface area contributed by atoms with Gasteiger partial charge in [-0.2, -0.15) is 6.42 Å². The quantitative estimate of drug-likeness (QED) is 0.124. The summed E-state index contributed by atoms with van der Waals surface area (Å²) >= 11 is 0. The third-order valence-electron chi connectivity index (χ3n) is 11.1. The van der Waals surface area contributed by atoms with Gasteiger partial charge in [0.2, 0.25) is 0 Å². The summed E-state index contributed by atoms with van der Waals surface area (Å²) in [5, 5.41) is 10.3. The second-order valence-electron chi connectivity index (χ2n) is 26.5. The smallest absolute Gasteiger partial charge is 0.363 e. The molecule has 0 aliphatic rings. The van der Waals surface area contributed by atoms with Crippen molar-refractivity contribution < 1.29 is 42.8 Å². The molecule has 0 spiro atoms. The Bertz CT molecular complexity index is 1060. The van der Waals surface area contributed by atoms with Gasteiger partial charge in [0.15, 0.2) is 0 Å². The Kier molecular flexibility index (Phi) is 69.5. The van der Waals surface area contributed by atoms with E-state index in [9.17, 15) is 0 Å². The minimum Gasteiger partial charge on any atom is -0.363 e. The van der Waals surface area contributed by atoms with Gasteiger partial charge in [0.05, 0.1) is 20.6 Å². The summed E-state index contributed by atoms with van der Waals surface area (Å²) in [4.78, 5) is 0. The maximum absolute atomic E-state index is 8.85. The van der Waals surface area contributed by atoms with Crippen LogP contribution >= 0.6 is 74.3 Å². The summed E-state index contributed by atoms with van der Waals surface area (Å²) < 4.78 is 0. The van der Waals surface area contributed by atoms with E-state index >= 15 is 0 Å². The minimum atomic E-state index is -1.55. The number of unbranched alkanes of at least 4 members (excludes halogenated alkanes) is 3. The Hall–Kier alpha value is 5.97. The summed E-state index contributed by atoms with van der Waals surface area (Å²) in [6, 6.07) is 0. The summed E-state index contributed by atoms with van der Waals surface area (Å²) in [7, 11) is 39.3. The minimum absolute atomic E-state index is 0. The van der Waals surface area contributed by atoms with Crippen molar-refractivity contribution in [1.29, 1.82) is 0 Å². The second kappa shape index (κ2) is 48.4.